The van der Waals surface area contributed by atoms with Gasteiger partial charge in [0, 0.05) is 5.69 Å². The molecule has 1 rings (SSSR count). The molecule has 1 aromatic rings. The molecule has 0 bridgehead atoms. The smallest absolute Gasteiger partial charge is 0.259 e. The highest BCUT2D eigenvalue weighted by molar-refractivity contribution is 5.81. The van der Waals surface area contributed by atoms with E-state index in [1.54, 1.807) is 12.1 Å². The molecule has 23 heavy (non-hydrogen) atoms. The van der Waals surface area contributed by atoms with Crippen LogP contribution in [0.4, 0.5) is 5.69 Å². The van der Waals surface area contributed by atoms with E-state index in [-0.39, 0.29) is 6.54 Å². The van der Waals surface area contributed by atoms with Crippen molar-refractivity contribution in [3.8, 4) is 0 Å². The summed E-state index contributed by atoms with van der Waals surface area (Å²) in [6.45, 7) is -0.824. The first-order valence-corrected chi connectivity index (χ1v) is 6.89. The van der Waals surface area contributed by atoms with E-state index in [0.29, 0.717) is 0 Å². The van der Waals surface area contributed by atoms with Crippen LogP contribution in [0.15, 0.2) is 35.4 Å². The molecule has 0 saturated carbocycles. The first-order valence-electron chi connectivity index (χ1n) is 6.89. The van der Waals surface area contributed by atoms with Crippen LogP contribution in [0.1, 0.15) is 0 Å². The third-order valence-electron chi connectivity index (χ3n) is 2.92. The largest absolute Gasteiger partial charge is 0.394 e. The van der Waals surface area contributed by atoms with E-state index < -0.39 is 36.9 Å². The highest BCUT2D eigenvalue weighted by Crippen LogP contribution is 2.04. The molecule has 0 aliphatic rings. The van der Waals surface area contributed by atoms with E-state index >= 15 is 0 Å². The molecule has 9 nitrogen and oxygen atoms in total. The Balaban J connectivity index is 2.35. The average Bonchev–Trinajstić information content (AvgIpc) is 2.58. The number of nitrogens with zero attached hydrogens (tertiary/aromatic N) is 1. The topological polar surface area (TPSA) is 155 Å². The lowest BCUT2D eigenvalue weighted by atomic mass is 10.0. The zero-order valence-electron chi connectivity index (χ0n) is 12.3. The number of carbonyl (C=O) groups excluding carboxylic acids is 1. The fourth-order valence-electron chi connectivity index (χ4n) is 1.59. The van der Waals surface area contributed by atoms with Crippen LogP contribution in [0.25, 0.3) is 0 Å². The standard InChI is InChI=1S/C14H21N3O6/c18-8-11(20)14(23)13(22)10(19)6-16-17-12(21)7-15-9-4-2-1-3-5-9/h1-6,10-11,13-15,18-20,22-23H,7-8H2,(H,17,21)/b16-6+/t10-,11-,13-,14-/m1/s1. The fourth-order valence-corrected chi connectivity index (χ4v) is 1.59. The second-order valence-electron chi connectivity index (χ2n) is 4.75. The maximum atomic E-state index is 11.5. The van der Waals surface area contributed by atoms with Crippen molar-refractivity contribution in [1.29, 1.82) is 0 Å². The molecule has 1 aromatic carbocycles. The number of aliphatic hydroxyl groups is 5. The maximum Gasteiger partial charge on any atom is 0.259 e. The Morgan fingerprint density at radius 3 is 2.39 bits per heavy atom. The number of para-hydroxylation sites is 1. The van der Waals surface area contributed by atoms with Gasteiger partial charge in [-0.1, -0.05) is 18.2 Å². The summed E-state index contributed by atoms with van der Waals surface area (Å²) in [6, 6.07) is 9.02. The quantitative estimate of drug-likeness (QED) is 0.198. The molecule has 0 aliphatic carbocycles. The summed E-state index contributed by atoms with van der Waals surface area (Å²) in [5, 5.41) is 52.5. The van der Waals surface area contributed by atoms with Gasteiger partial charge in [0.05, 0.1) is 19.4 Å². The number of anilines is 1. The van der Waals surface area contributed by atoms with Crippen LogP contribution in [0.2, 0.25) is 0 Å². The second-order valence-corrected chi connectivity index (χ2v) is 4.75. The molecular formula is C14H21N3O6. The Kier molecular flexibility index (Phi) is 8.16. The molecule has 1 amide bonds. The number of hydrazone groups is 1. The summed E-state index contributed by atoms with van der Waals surface area (Å²) in [7, 11) is 0. The van der Waals surface area contributed by atoms with Crippen molar-refractivity contribution in [1.82, 2.24) is 5.43 Å². The highest BCUT2D eigenvalue weighted by atomic mass is 16.4. The van der Waals surface area contributed by atoms with Gasteiger partial charge in [-0.3, -0.25) is 4.79 Å². The van der Waals surface area contributed by atoms with Gasteiger partial charge in [-0.15, -0.1) is 0 Å². The molecule has 0 radical (unpaired) electrons. The van der Waals surface area contributed by atoms with Crippen molar-refractivity contribution >= 4 is 17.8 Å². The van der Waals surface area contributed by atoms with Crippen LogP contribution in [-0.4, -0.2) is 75.2 Å². The normalized spacial score (nSPS) is 16.6. The third-order valence-corrected chi connectivity index (χ3v) is 2.92. The SMILES string of the molecule is O=C(CNc1ccccc1)N/N=C/[C@@H](O)[C@@H](O)[C@H](O)[C@H](O)CO. The number of amides is 1. The van der Waals surface area contributed by atoms with E-state index in [9.17, 15) is 20.1 Å². The minimum atomic E-state index is -1.76. The number of hydrogen-bond donors (Lipinski definition) is 7. The van der Waals surface area contributed by atoms with Gasteiger partial charge in [-0.2, -0.15) is 5.10 Å². The van der Waals surface area contributed by atoms with Crippen molar-refractivity contribution in [3.63, 3.8) is 0 Å². The van der Waals surface area contributed by atoms with Crippen LogP contribution in [-0.2, 0) is 4.79 Å². The van der Waals surface area contributed by atoms with Gasteiger partial charge in [-0.05, 0) is 12.1 Å². The highest BCUT2D eigenvalue weighted by Gasteiger charge is 2.29. The summed E-state index contributed by atoms with van der Waals surface area (Å²) in [4.78, 5) is 11.5. The van der Waals surface area contributed by atoms with E-state index in [2.05, 4.69) is 15.8 Å². The predicted molar refractivity (Wildman–Crippen MR) is 82.7 cm³/mol. The second kappa shape index (κ2) is 9.87. The molecule has 0 saturated heterocycles. The van der Waals surface area contributed by atoms with Gasteiger partial charge in [0.2, 0.25) is 0 Å². The summed E-state index contributed by atoms with van der Waals surface area (Å²) in [5.74, 6) is -0.484. The molecule has 0 unspecified atom stereocenters. The van der Waals surface area contributed by atoms with Gasteiger partial charge in [0.1, 0.15) is 24.4 Å². The minimum absolute atomic E-state index is 0.0497. The number of aliphatic hydroxyl groups excluding tert-OH is 5. The van der Waals surface area contributed by atoms with E-state index in [0.717, 1.165) is 11.9 Å². The minimum Gasteiger partial charge on any atom is -0.394 e. The van der Waals surface area contributed by atoms with Gasteiger partial charge < -0.3 is 30.8 Å². The zero-order chi connectivity index (χ0) is 17.2. The summed E-state index contributed by atoms with van der Waals surface area (Å²) in [5.41, 5.74) is 2.88. The molecule has 0 heterocycles. The molecule has 4 atom stereocenters. The van der Waals surface area contributed by atoms with E-state index in [1.165, 1.54) is 0 Å². The van der Waals surface area contributed by atoms with Gasteiger partial charge >= 0.3 is 0 Å². The van der Waals surface area contributed by atoms with Crippen LogP contribution in [0.3, 0.4) is 0 Å². The van der Waals surface area contributed by atoms with Gasteiger partial charge in [-0.25, -0.2) is 5.43 Å². The lowest BCUT2D eigenvalue weighted by molar-refractivity contribution is -0.119. The van der Waals surface area contributed by atoms with Crippen LogP contribution >= 0.6 is 0 Å². The van der Waals surface area contributed by atoms with Crippen molar-refractivity contribution in [2.45, 2.75) is 24.4 Å². The molecule has 0 spiro atoms. The average molecular weight is 327 g/mol. The molecular weight excluding hydrogens is 306 g/mol. The van der Waals surface area contributed by atoms with Crippen LogP contribution < -0.4 is 10.7 Å². The Morgan fingerprint density at radius 1 is 1.13 bits per heavy atom. The summed E-state index contributed by atoms with van der Waals surface area (Å²) >= 11 is 0. The van der Waals surface area contributed by atoms with Gasteiger partial charge in [0.15, 0.2) is 0 Å². The van der Waals surface area contributed by atoms with E-state index in [4.69, 9.17) is 10.2 Å². The van der Waals surface area contributed by atoms with Gasteiger partial charge in [0.25, 0.3) is 5.91 Å². The molecule has 0 aromatic heterocycles. The van der Waals surface area contributed by atoms with Crippen molar-refractivity contribution in [3.05, 3.63) is 30.3 Å². The Hall–Kier alpha value is -2.04. The first-order chi connectivity index (χ1) is 11.0. The summed E-state index contributed by atoms with van der Waals surface area (Å²) in [6.07, 6.45) is -5.94. The fraction of sp³-hybridized carbons (Fsp3) is 0.429. The van der Waals surface area contributed by atoms with Crippen molar-refractivity contribution in [2.75, 3.05) is 18.5 Å². The lowest BCUT2D eigenvalue weighted by Crippen LogP contribution is -2.46. The zero-order valence-corrected chi connectivity index (χ0v) is 12.3. The maximum absolute atomic E-state index is 11.5. The van der Waals surface area contributed by atoms with Crippen LogP contribution in [0.5, 0.6) is 0 Å². The Morgan fingerprint density at radius 2 is 1.78 bits per heavy atom. The van der Waals surface area contributed by atoms with Crippen molar-refractivity contribution in [2.24, 2.45) is 5.10 Å². The predicted octanol–water partition coefficient (Wildman–Crippen LogP) is -2.36. The number of benzene rings is 1. The van der Waals surface area contributed by atoms with Crippen molar-refractivity contribution < 1.29 is 30.3 Å². The first kappa shape index (κ1) is 19.0. The van der Waals surface area contributed by atoms with Crippen LogP contribution in [0, 0.1) is 0 Å². The number of nitrogens with one attached hydrogen (secondary N) is 2. The molecule has 0 fully saturated rings. The monoisotopic (exact) mass is 327 g/mol. The third kappa shape index (κ3) is 6.72. The Bertz CT molecular complexity index is 499. The molecule has 9 heteroatoms. The molecule has 128 valence electrons. The number of rotatable bonds is 9. The summed E-state index contributed by atoms with van der Waals surface area (Å²) < 4.78 is 0. The Labute approximate surface area is 132 Å². The van der Waals surface area contributed by atoms with E-state index in [1.807, 2.05) is 18.2 Å². The number of carbonyl (C=O) groups is 1. The lowest BCUT2D eigenvalue weighted by Gasteiger charge is -2.23. The molecule has 0 aliphatic heterocycles. The molecule has 7 N–H and O–H groups in total. The number of hydrogen-bond acceptors (Lipinski definition) is 8.